The molecule has 3 aromatic rings. The maximum atomic E-state index is 14.0. The number of rotatable bonds is 7. The normalized spacial score (nSPS) is 10.6. The van der Waals surface area contributed by atoms with Crippen LogP contribution in [-0.2, 0) is 0 Å². The summed E-state index contributed by atoms with van der Waals surface area (Å²) in [7, 11) is 0. The Balaban J connectivity index is 1.95. The number of hydrogen-bond acceptors (Lipinski definition) is 5. The van der Waals surface area contributed by atoms with Crippen LogP contribution in [0.5, 0.6) is 0 Å². The third-order valence-corrected chi connectivity index (χ3v) is 3.84. The van der Waals surface area contributed by atoms with Gasteiger partial charge in [-0.1, -0.05) is 41.9 Å². The number of aliphatic hydroxyl groups is 1. The van der Waals surface area contributed by atoms with Crippen LogP contribution in [0.3, 0.4) is 0 Å². The largest absolute Gasteiger partial charge is 0.396 e. The molecule has 0 atom stereocenters. The van der Waals surface area contributed by atoms with Crippen molar-refractivity contribution in [3.63, 3.8) is 0 Å². The summed E-state index contributed by atoms with van der Waals surface area (Å²) in [5.41, 5.74) is 1.84. The van der Waals surface area contributed by atoms with Crippen LogP contribution in [0, 0.1) is 5.82 Å². The summed E-state index contributed by atoms with van der Waals surface area (Å²) in [4.78, 5) is 8.87. The van der Waals surface area contributed by atoms with Gasteiger partial charge in [-0.05, 0) is 24.6 Å². The summed E-state index contributed by atoms with van der Waals surface area (Å²) in [5, 5.41) is 15.4. The van der Waals surface area contributed by atoms with Gasteiger partial charge in [0, 0.05) is 29.8 Å². The van der Waals surface area contributed by atoms with Crippen LogP contribution in [-0.4, -0.2) is 28.2 Å². The summed E-state index contributed by atoms with van der Waals surface area (Å²) >= 11 is 5.95. The van der Waals surface area contributed by atoms with E-state index >= 15 is 0 Å². The van der Waals surface area contributed by atoms with Crippen LogP contribution in [0.2, 0.25) is 5.02 Å². The van der Waals surface area contributed by atoms with E-state index in [4.69, 9.17) is 16.7 Å². The van der Waals surface area contributed by atoms with Crippen molar-refractivity contribution in [1.29, 1.82) is 0 Å². The number of aromatic nitrogens is 2. The Morgan fingerprint density at radius 1 is 1.04 bits per heavy atom. The number of aliphatic hydroxyl groups excluding tert-OH is 1. The molecule has 5 nitrogen and oxygen atoms in total. The van der Waals surface area contributed by atoms with E-state index in [0.29, 0.717) is 35.4 Å². The molecule has 0 aliphatic heterocycles. The summed E-state index contributed by atoms with van der Waals surface area (Å²) in [6.07, 6.45) is 0.574. The van der Waals surface area contributed by atoms with Gasteiger partial charge in [0.05, 0.1) is 11.4 Å². The van der Waals surface area contributed by atoms with E-state index in [1.165, 1.54) is 18.2 Å². The van der Waals surface area contributed by atoms with E-state index in [-0.39, 0.29) is 12.3 Å². The van der Waals surface area contributed by atoms with Crippen molar-refractivity contribution >= 4 is 29.1 Å². The molecule has 0 unspecified atom stereocenters. The van der Waals surface area contributed by atoms with Crippen LogP contribution in [0.15, 0.2) is 54.6 Å². The van der Waals surface area contributed by atoms with Gasteiger partial charge in [-0.3, -0.25) is 0 Å². The maximum absolute atomic E-state index is 14.0. The molecule has 0 aliphatic rings. The number of benzene rings is 2. The number of nitrogens with one attached hydrogen (secondary N) is 2. The first-order valence-corrected chi connectivity index (χ1v) is 8.55. The lowest BCUT2D eigenvalue weighted by molar-refractivity contribution is 0.292. The Morgan fingerprint density at radius 2 is 1.85 bits per heavy atom. The highest BCUT2D eigenvalue weighted by Gasteiger charge is 2.09. The second-order valence-electron chi connectivity index (χ2n) is 5.58. The van der Waals surface area contributed by atoms with E-state index in [9.17, 15) is 4.39 Å². The number of hydrogen-bond donors (Lipinski definition) is 3. The molecule has 26 heavy (non-hydrogen) atoms. The Morgan fingerprint density at radius 3 is 2.62 bits per heavy atom. The minimum absolute atomic E-state index is 0.0736. The lowest BCUT2D eigenvalue weighted by Gasteiger charge is -2.12. The highest BCUT2D eigenvalue weighted by Crippen LogP contribution is 2.26. The minimum atomic E-state index is -0.427. The van der Waals surface area contributed by atoms with Gasteiger partial charge in [-0.2, -0.15) is 4.98 Å². The van der Waals surface area contributed by atoms with Crippen molar-refractivity contribution in [2.24, 2.45) is 0 Å². The molecular weight excluding hydrogens is 355 g/mol. The Labute approximate surface area is 155 Å². The molecule has 0 amide bonds. The zero-order chi connectivity index (χ0) is 18.4. The van der Waals surface area contributed by atoms with Crippen molar-refractivity contribution in [2.75, 3.05) is 23.8 Å². The van der Waals surface area contributed by atoms with Gasteiger partial charge in [0.15, 0.2) is 0 Å². The first kappa shape index (κ1) is 18.1. The van der Waals surface area contributed by atoms with Gasteiger partial charge >= 0.3 is 0 Å². The van der Waals surface area contributed by atoms with Crippen molar-refractivity contribution in [3.8, 4) is 11.3 Å². The highest BCUT2D eigenvalue weighted by atomic mass is 35.5. The van der Waals surface area contributed by atoms with Gasteiger partial charge in [-0.15, -0.1) is 0 Å². The number of halogens is 2. The Bertz CT molecular complexity index is 877. The average Bonchev–Trinajstić information content (AvgIpc) is 2.65. The molecule has 3 rings (SSSR count). The lowest BCUT2D eigenvalue weighted by Crippen LogP contribution is -2.09. The van der Waals surface area contributed by atoms with E-state index in [0.717, 1.165) is 5.56 Å². The van der Waals surface area contributed by atoms with Crippen molar-refractivity contribution in [1.82, 2.24) is 9.97 Å². The van der Waals surface area contributed by atoms with Gasteiger partial charge in [-0.25, -0.2) is 9.37 Å². The van der Waals surface area contributed by atoms with Crippen LogP contribution in [0.4, 0.5) is 21.8 Å². The second kappa shape index (κ2) is 8.60. The Kier molecular flexibility index (Phi) is 5.99. The third kappa shape index (κ3) is 4.68. The zero-order valence-electron chi connectivity index (χ0n) is 13.9. The fourth-order valence-electron chi connectivity index (χ4n) is 2.36. The molecule has 0 saturated carbocycles. The minimum Gasteiger partial charge on any atom is -0.396 e. The monoisotopic (exact) mass is 372 g/mol. The van der Waals surface area contributed by atoms with Crippen LogP contribution in [0.25, 0.3) is 11.3 Å². The summed E-state index contributed by atoms with van der Waals surface area (Å²) < 4.78 is 14.0. The molecule has 0 radical (unpaired) electrons. The molecule has 0 aliphatic carbocycles. The molecule has 2 aromatic carbocycles. The molecule has 134 valence electrons. The zero-order valence-corrected chi connectivity index (χ0v) is 14.7. The number of nitrogens with zero attached hydrogens (tertiary/aromatic N) is 2. The molecule has 0 spiro atoms. The van der Waals surface area contributed by atoms with Gasteiger partial charge in [0.1, 0.15) is 11.6 Å². The lowest BCUT2D eigenvalue weighted by atomic mass is 10.1. The summed E-state index contributed by atoms with van der Waals surface area (Å²) in [6, 6.07) is 15.6. The van der Waals surface area contributed by atoms with Crippen LogP contribution in [0.1, 0.15) is 6.42 Å². The average molecular weight is 373 g/mol. The van der Waals surface area contributed by atoms with E-state index in [2.05, 4.69) is 20.6 Å². The van der Waals surface area contributed by atoms with Crippen molar-refractivity contribution in [2.45, 2.75) is 6.42 Å². The van der Waals surface area contributed by atoms with Gasteiger partial charge in [0.2, 0.25) is 5.95 Å². The first-order chi connectivity index (χ1) is 12.7. The molecule has 3 N–H and O–H groups in total. The molecule has 0 bridgehead atoms. The molecule has 1 heterocycles. The predicted octanol–water partition coefficient (Wildman–Crippen LogP) is 4.47. The van der Waals surface area contributed by atoms with Gasteiger partial charge in [0.25, 0.3) is 0 Å². The van der Waals surface area contributed by atoms with E-state index in [1.807, 2.05) is 30.3 Å². The highest BCUT2D eigenvalue weighted by molar-refractivity contribution is 6.30. The van der Waals surface area contributed by atoms with Crippen molar-refractivity contribution in [3.05, 3.63) is 65.4 Å². The molecular formula is C19H18ClFN4O. The quantitative estimate of drug-likeness (QED) is 0.534. The van der Waals surface area contributed by atoms with Crippen LogP contribution >= 0.6 is 11.6 Å². The van der Waals surface area contributed by atoms with E-state index < -0.39 is 5.82 Å². The molecule has 7 heteroatoms. The second-order valence-corrected chi connectivity index (χ2v) is 6.02. The standard InChI is InChI=1S/C19H18ClFN4O/c20-14-7-8-15(21)17(11-14)23-18-12-16(13-5-2-1-3-6-13)24-19(25-18)22-9-4-10-26/h1-3,5-8,11-12,26H,4,9-10H2,(H2,22,23,24,25). The third-order valence-electron chi connectivity index (χ3n) is 3.60. The Hall–Kier alpha value is -2.70. The molecule has 1 aromatic heterocycles. The van der Waals surface area contributed by atoms with E-state index in [1.54, 1.807) is 6.07 Å². The van der Waals surface area contributed by atoms with Gasteiger partial charge < -0.3 is 15.7 Å². The van der Waals surface area contributed by atoms with Crippen molar-refractivity contribution < 1.29 is 9.50 Å². The predicted molar refractivity (Wildman–Crippen MR) is 102 cm³/mol. The first-order valence-electron chi connectivity index (χ1n) is 8.17. The fraction of sp³-hybridized carbons (Fsp3) is 0.158. The molecule has 0 saturated heterocycles. The fourth-order valence-corrected chi connectivity index (χ4v) is 2.53. The maximum Gasteiger partial charge on any atom is 0.225 e. The SMILES string of the molecule is OCCCNc1nc(Nc2cc(Cl)ccc2F)cc(-c2ccccc2)n1. The van der Waals surface area contributed by atoms with Crippen LogP contribution < -0.4 is 10.6 Å². The number of anilines is 3. The topological polar surface area (TPSA) is 70.1 Å². The molecule has 0 fully saturated rings. The summed E-state index contributed by atoms with van der Waals surface area (Å²) in [6.45, 7) is 0.601. The summed E-state index contributed by atoms with van der Waals surface area (Å²) in [5.74, 6) is 0.403. The smallest absolute Gasteiger partial charge is 0.225 e.